The second-order valence-electron chi connectivity index (χ2n) is 7.51. The van der Waals surface area contributed by atoms with Crippen molar-refractivity contribution in [1.29, 1.82) is 0 Å². The molecule has 0 spiro atoms. The topological polar surface area (TPSA) is 125 Å². The van der Waals surface area contributed by atoms with Crippen LogP contribution in [0.4, 0.5) is 0 Å². The zero-order chi connectivity index (χ0) is 25.6. The lowest BCUT2D eigenvalue weighted by molar-refractivity contribution is -0.123. The average Bonchev–Trinajstić information content (AvgIpc) is 2.84. The molecule has 10 heteroatoms. The molecule has 0 aliphatic carbocycles. The molecule has 3 rings (SSSR count). The van der Waals surface area contributed by atoms with Crippen LogP contribution in [0, 0.1) is 13.8 Å². The smallest absolute Gasteiger partial charge is 0.339 e. The summed E-state index contributed by atoms with van der Waals surface area (Å²) in [6, 6.07) is 16.3. The van der Waals surface area contributed by atoms with E-state index < -0.39 is 34.5 Å². The monoisotopic (exact) mass is 497 g/mol. The average molecular weight is 498 g/mol. The SMILES string of the molecule is COc1ccc(C(=O)NC(=O)COC(=O)c2ccc(OS(=O)(=O)c3cc(C)ccc3C)cc2)cc1. The van der Waals surface area contributed by atoms with Crippen molar-refractivity contribution in [2.75, 3.05) is 13.7 Å². The Labute approximate surface area is 202 Å². The van der Waals surface area contributed by atoms with Crippen molar-refractivity contribution in [3.63, 3.8) is 0 Å². The van der Waals surface area contributed by atoms with Crippen LogP contribution in [0.2, 0.25) is 0 Å². The van der Waals surface area contributed by atoms with Gasteiger partial charge in [0.1, 0.15) is 16.4 Å². The first kappa shape index (κ1) is 25.4. The first-order valence-corrected chi connectivity index (χ1v) is 11.8. The Bertz CT molecular complexity index is 1350. The molecule has 3 aromatic rings. The Morgan fingerprint density at radius 2 is 1.43 bits per heavy atom. The number of ether oxygens (including phenoxy) is 2. The summed E-state index contributed by atoms with van der Waals surface area (Å²) in [6.45, 7) is 2.75. The lowest BCUT2D eigenvalue weighted by Gasteiger charge is -2.10. The lowest BCUT2D eigenvalue weighted by atomic mass is 10.2. The van der Waals surface area contributed by atoms with Gasteiger partial charge < -0.3 is 13.7 Å². The Morgan fingerprint density at radius 1 is 0.829 bits per heavy atom. The fourth-order valence-corrected chi connectivity index (χ4v) is 4.23. The largest absolute Gasteiger partial charge is 0.497 e. The molecule has 35 heavy (non-hydrogen) atoms. The highest BCUT2D eigenvalue weighted by Crippen LogP contribution is 2.23. The number of methoxy groups -OCH3 is 1. The third kappa shape index (κ3) is 6.67. The summed E-state index contributed by atoms with van der Waals surface area (Å²) in [4.78, 5) is 36.3. The van der Waals surface area contributed by atoms with E-state index in [0.29, 0.717) is 11.3 Å². The molecule has 2 amide bonds. The number of benzene rings is 3. The van der Waals surface area contributed by atoms with Crippen molar-refractivity contribution in [1.82, 2.24) is 5.32 Å². The van der Waals surface area contributed by atoms with E-state index in [1.54, 1.807) is 38.1 Å². The van der Waals surface area contributed by atoms with Crippen molar-refractivity contribution >= 4 is 27.9 Å². The molecular weight excluding hydrogens is 474 g/mol. The number of nitrogens with one attached hydrogen (secondary N) is 1. The van der Waals surface area contributed by atoms with Crippen LogP contribution < -0.4 is 14.2 Å². The van der Waals surface area contributed by atoms with E-state index in [0.717, 1.165) is 5.56 Å². The summed E-state index contributed by atoms with van der Waals surface area (Å²) in [5.41, 5.74) is 1.61. The highest BCUT2D eigenvalue weighted by Gasteiger charge is 2.20. The number of carbonyl (C=O) groups is 3. The van der Waals surface area contributed by atoms with E-state index in [2.05, 4.69) is 5.32 Å². The first-order valence-electron chi connectivity index (χ1n) is 10.4. The quantitative estimate of drug-likeness (QED) is 0.372. The highest BCUT2D eigenvalue weighted by atomic mass is 32.2. The minimum absolute atomic E-state index is 0.00490. The highest BCUT2D eigenvalue weighted by molar-refractivity contribution is 7.87. The predicted molar refractivity (Wildman–Crippen MR) is 126 cm³/mol. The van der Waals surface area contributed by atoms with Crippen molar-refractivity contribution in [2.45, 2.75) is 18.7 Å². The van der Waals surface area contributed by atoms with Gasteiger partial charge in [0.25, 0.3) is 11.8 Å². The zero-order valence-corrected chi connectivity index (χ0v) is 20.0. The van der Waals surface area contributed by atoms with Crippen molar-refractivity contribution in [3.8, 4) is 11.5 Å². The molecular formula is C25H23NO8S. The molecule has 0 unspecified atom stereocenters. The van der Waals surface area contributed by atoms with Gasteiger partial charge in [-0.1, -0.05) is 12.1 Å². The molecule has 0 fully saturated rings. The molecule has 0 aliphatic rings. The number of aryl methyl sites for hydroxylation is 2. The van der Waals surface area contributed by atoms with Gasteiger partial charge in [0, 0.05) is 5.56 Å². The summed E-state index contributed by atoms with van der Waals surface area (Å²) >= 11 is 0. The van der Waals surface area contributed by atoms with Crippen molar-refractivity contribution in [3.05, 3.63) is 89.0 Å². The second-order valence-corrected chi connectivity index (χ2v) is 9.03. The maximum absolute atomic E-state index is 12.6. The summed E-state index contributed by atoms with van der Waals surface area (Å²) in [7, 11) is -2.58. The van der Waals surface area contributed by atoms with Crippen molar-refractivity contribution in [2.24, 2.45) is 0 Å². The van der Waals surface area contributed by atoms with Gasteiger partial charge in [-0.05, 0) is 79.6 Å². The third-order valence-electron chi connectivity index (χ3n) is 4.85. The maximum atomic E-state index is 12.6. The van der Waals surface area contributed by atoms with Crippen molar-refractivity contribution < 1.29 is 36.5 Å². The summed E-state index contributed by atoms with van der Waals surface area (Å²) in [5.74, 6) is -1.73. The first-order chi connectivity index (χ1) is 16.6. The van der Waals surface area contributed by atoms with Crippen LogP contribution in [0.3, 0.4) is 0 Å². The number of hydrogen-bond donors (Lipinski definition) is 1. The van der Waals surface area contributed by atoms with Crippen LogP contribution in [0.1, 0.15) is 31.8 Å². The van der Waals surface area contributed by atoms with Crippen LogP contribution in [-0.2, 0) is 19.6 Å². The Hall–Kier alpha value is -4.18. The third-order valence-corrected chi connectivity index (χ3v) is 6.24. The molecule has 0 radical (unpaired) electrons. The molecule has 0 atom stereocenters. The molecule has 3 aromatic carbocycles. The normalized spacial score (nSPS) is 10.8. The van der Waals surface area contributed by atoms with E-state index in [9.17, 15) is 22.8 Å². The number of carbonyl (C=O) groups excluding carboxylic acids is 3. The Morgan fingerprint density at radius 3 is 2.06 bits per heavy atom. The molecule has 0 saturated heterocycles. The van der Waals surface area contributed by atoms with Crippen LogP contribution >= 0.6 is 0 Å². The van der Waals surface area contributed by atoms with Gasteiger partial charge in [0.2, 0.25) is 0 Å². The molecule has 0 aliphatic heterocycles. The van der Waals surface area contributed by atoms with Gasteiger partial charge in [0.05, 0.1) is 12.7 Å². The van der Waals surface area contributed by atoms with E-state index in [4.69, 9.17) is 13.7 Å². The standard InChI is InChI=1S/C25H23NO8S/c1-16-4-5-17(2)22(14-16)35(30,31)34-21-12-8-19(9-13-21)25(29)33-15-23(27)26-24(28)18-6-10-20(32-3)11-7-18/h4-14H,15H2,1-3H3,(H,26,27,28). The minimum Gasteiger partial charge on any atom is -0.497 e. The maximum Gasteiger partial charge on any atom is 0.339 e. The number of amides is 2. The second kappa shape index (κ2) is 10.8. The number of hydrogen-bond acceptors (Lipinski definition) is 8. The Kier molecular flexibility index (Phi) is 7.87. The summed E-state index contributed by atoms with van der Waals surface area (Å²) in [6.07, 6.45) is 0. The Balaban J connectivity index is 1.55. The number of esters is 1. The fourth-order valence-electron chi connectivity index (χ4n) is 2.99. The van der Waals surface area contributed by atoms with Gasteiger partial charge in [0.15, 0.2) is 6.61 Å². The van der Waals surface area contributed by atoms with Crippen LogP contribution in [0.25, 0.3) is 0 Å². The lowest BCUT2D eigenvalue weighted by Crippen LogP contribution is -2.34. The van der Waals surface area contributed by atoms with E-state index >= 15 is 0 Å². The molecule has 1 N–H and O–H groups in total. The van der Waals surface area contributed by atoms with Gasteiger partial charge in [-0.3, -0.25) is 14.9 Å². The van der Waals surface area contributed by atoms with Gasteiger partial charge in [-0.25, -0.2) is 4.79 Å². The fraction of sp³-hybridized carbons (Fsp3) is 0.160. The molecule has 0 heterocycles. The minimum atomic E-state index is -4.07. The van der Waals surface area contributed by atoms with E-state index in [1.807, 2.05) is 0 Å². The summed E-state index contributed by atoms with van der Waals surface area (Å²) in [5, 5.41) is 2.12. The van der Waals surface area contributed by atoms with Gasteiger partial charge in [-0.15, -0.1) is 0 Å². The van der Waals surface area contributed by atoms with E-state index in [-0.39, 0.29) is 21.8 Å². The summed E-state index contributed by atoms with van der Waals surface area (Å²) < 4.78 is 40.3. The van der Waals surface area contributed by atoms with Crippen LogP contribution in [0.5, 0.6) is 11.5 Å². The molecule has 0 saturated carbocycles. The molecule has 0 aromatic heterocycles. The molecule has 0 bridgehead atoms. The zero-order valence-electron chi connectivity index (χ0n) is 19.2. The van der Waals surface area contributed by atoms with E-state index in [1.165, 1.54) is 49.6 Å². The molecule has 182 valence electrons. The van der Waals surface area contributed by atoms with Gasteiger partial charge in [-0.2, -0.15) is 8.42 Å². The van der Waals surface area contributed by atoms with Crippen LogP contribution in [-0.4, -0.2) is 39.9 Å². The number of imide groups is 1. The number of rotatable bonds is 8. The molecule has 9 nitrogen and oxygen atoms in total. The van der Waals surface area contributed by atoms with Crippen LogP contribution in [0.15, 0.2) is 71.6 Å². The predicted octanol–water partition coefficient (Wildman–Crippen LogP) is 3.19. The van der Waals surface area contributed by atoms with Gasteiger partial charge >= 0.3 is 16.1 Å².